The largest absolute Gasteiger partial charge is 0.299 e. The quantitative estimate of drug-likeness (QED) is 0.206. The van der Waals surface area contributed by atoms with Crippen LogP contribution in [0.4, 0.5) is 0 Å². The lowest BCUT2D eigenvalue weighted by Crippen LogP contribution is -1.95. The molecule has 43 heavy (non-hydrogen) atoms. The van der Waals surface area contributed by atoms with Crippen LogP contribution in [0, 0.1) is 0 Å². The summed E-state index contributed by atoms with van der Waals surface area (Å²) in [6, 6.07) is 43.9. The predicted molar refractivity (Wildman–Crippen MR) is 175 cm³/mol. The molecule has 0 fully saturated rings. The van der Waals surface area contributed by atoms with Gasteiger partial charge in [-0.3, -0.25) is 9.38 Å². The summed E-state index contributed by atoms with van der Waals surface area (Å²) in [6.45, 7) is 0. The van der Waals surface area contributed by atoms with Crippen LogP contribution in [0.3, 0.4) is 0 Å². The summed E-state index contributed by atoms with van der Waals surface area (Å²) in [5.41, 5.74) is 8.91. The summed E-state index contributed by atoms with van der Waals surface area (Å²) in [5.74, 6) is 0.701. The molecule has 0 atom stereocenters. The van der Waals surface area contributed by atoms with E-state index in [4.69, 9.17) is 15.0 Å². The Morgan fingerprint density at radius 1 is 0.488 bits per heavy atom. The van der Waals surface area contributed by atoms with Gasteiger partial charge in [-0.2, -0.15) is 0 Å². The molecule has 4 aromatic heterocycles. The fourth-order valence-electron chi connectivity index (χ4n) is 6.24. The minimum Gasteiger partial charge on any atom is -0.299 e. The average molecular weight is 550 g/mol. The number of hydrogen-bond donors (Lipinski definition) is 0. The summed E-state index contributed by atoms with van der Waals surface area (Å²) in [4.78, 5) is 19.9. The highest BCUT2D eigenvalue weighted by molar-refractivity contribution is 6.25. The van der Waals surface area contributed by atoms with E-state index in [1.807, 2.05) is 60.8 Å². The molecule has 0 spiro atoms. The van der Waals surface area contributed by atoms with Crippen LogP contribution in [0.25, 0.3) is 83.0 Å². The fraction of sp³-hybridized carbons (Fsp3) is 0. The standard InChI is InChI=1S/C38H23N5/c1-2-10-24(11-3-1)35-29-12-4-5-14-33(29)40-38(42-35)26-17-19-28-31(23-26)30-22-25(32-13-6-8-20-39-32)16-18-27(30)36-37(28)43-21-9-7-15-34(43)41-36/h1-23H. The van der Waals surface area contributed by atoms with Gasteiger partial charge in [-0.05, 0) is 53.2 Å². The normalized spacial score (nSPS) is 11.7. The van der Waals surface area contributed by atoms with Crippen molar-refractivity contribution in [2.24, 2.45) is 0 Å². The van der Waals surface area contributed by atoms with Gasteiger partial charge < -0.3 is 0 Å². The zero-order valence-electron chi connectivity index (χ0n) is 23.0. The Hall–Kier alpha value is -5.94. The van der Waals surface area contributed by atoms with Gasteiger partial charge in [0.1, 0.15) is 5.65 Å². The molecule has 9 rings (SSSR count). The molecule has 0 aliphatic carbocycles. The molecule has 4 heterocycles. The molecule has 5 aromatic carbocycles. The zero-order valence-corrected chi connectivity index (χ0v) is 23.0. The van der Waals surface area contributed by atoms with Crippen LogP contribution < -0.4 is 0 Å². The SMILES string of the molecule is c1ccc(-c2nc(-c3ccc4c(c3)c3cc(-c5ccccn5)ccc3c3nc5ccccn5c43)nc3ccccc23)cc1. The number of rotatable bonds is 3. The molecule has 9 aromatic rings. The van der Waals surface area contributed by atoms with E-state index >= 15 is 0 Å². The molecule has 0 unspecified atom stereocenters. The average Bonchev–Trinajstić information content (AvgIpc) is 3.48. The Labute approximate surface area is 246 Å². The summed E-state index contributed by atoms with van der Waals surface area (Å²) in [7, 11) is 0. The van der Waals surface area contributed by atoms with Gasteiger partial charge in [-0.1, -0.05) is 84.9 Å². The molecule has 0 amide bonds. The lowest BCUT2D eigenvalue weighted by molar-refractivity contribution is 1.23. The molecule has 0 saturated carbocycles. The van der Waals surface area contributed by atoms with E-state index in [0.717, 1.165) is 77.2 Å². The molecule has 0 saturated heterocycles. The number of imidazole rings is 1. The van der Waals surface area contributed by atoms with Gasteiger partial charge in [0.05, 0.1) is 27.9 Å². The van der Waals surface area contributed by atoms with Crippen LogP contribution in [0.2, 0.25) is 0 Å². The van der Waals surface area contributed by atoms with Crippen molar-refractivity contribution < 1.29 is 0 Å². The molecular formula is C38H23N5. The van der Waals surface area contributed by atoms with Gasteiger partial charge >= 0.3 is 0 Å². The number of benzene rings is 5. The topological polar surface area (TPSA) is 56.0 Å². The molecule has 0 aliphatic rings. The molecule has 5 heteroatoms. The molecule has 5 nitrogen and oxygen atoms in total. The molecule has 0 bridgehead atoms. The third kappa shape index (κ3) is 3.72. The summed E-state index contributed by atoms with van der Waals surface area (Å²) >= 11 is 0. The second-order valence-electron chi connectivity index (χ2n) is 10.8. The number of nitrogens with zero attached hydrogens (tertiary/aromatic N) is 5. The maximum Gasteiger partial charge on any atom is 0.160 e. The Morgan fingerprint density at radius 3 is 2.16 bits per heavy atom. The first-order chi connectivity index (χ1) is 21.3. The lowest BCUT2D eigenvalue weighted by Gasteiger charge is -2.12. The Morgan fingerprint density at radius 2 is 1.26 bits per heavy atom. The number of para-hydroxylation sites is 1. The van der Waals surface area contributed by atoms with E-state index in [9.17, 15) is 0 Å². The summed E-state index contributed by atoms with van der Waals surface area (Å²) in [5, 5.41) is 5.53. The van der Waals surface area contributed by atoms with E-state index in [-0.39, 0.29) is 0 Å². The summed E-state index contributed by atoms with van der Waals surface area (Å²) < 4.78 is 2.18. The maximum absolute atomic E-state index is 5.16. The van der Waals surface area contributed by atoms with Crippen LogP contribution >= 0.6 is 0 Å². The molecule has 0 aliphatic heterocycles. The molecule has 0 N–H and O–H groups in total. The van der Waals surface area contributed by atoms with Gasteiger partial charge in [0.15, 0.2) is 5.82 Å². The molecule has 200 valence electrons. The van der Waals surface area contributed by atoms with Gasteiger partial charge in [-0.25, -0.2) is 15.0 Å². The highest BCUT2D eigenvalue weighted by Gasteiger charge is 2.17. The van der Waals surface area contributed by atoms with Crippen LogP contribution in [0.1, 0.15) is 0 Å². The van der Waals surface area contributed by atoms with Crippen molar-refractivity contribution in [2.75, 3.05) is 0 Å². The second-order valence-corrected chi connectivity index (χ2v) is 10.8. The summed E-state index contributed by atoms with van der Waals surface area (Å²) in [6.07, 6.45) is 3.92. The van der Waals surface area contributed by atoms with E-state index in [2.05, 4.69) is 88.4 Å². The minimum atomic E-state index is 0.701. The van der Waals surface area contributed by atoms with Crippen molar-refractivity contribution >= 4 is 49.1 Å². The van der Waals surface area contributed by atoms with Crippen molar-refractivity contribution in [1.82, 2.24) is 24.3 Å². The second kappa shape index (κ2) is 9.29. The first-order valence-corrected chi connectivity index (χ1v) is 14.3. The van der Waals surface area contributed by atoms with E-state index in [1.165, 1.54) is 0 Å². The van der Waals surface area contributed by atoms with Gasteiger partial charge in [0.2, 0.25) is 0 Å². The Bertz CT molecular complexity index is 2500. The highest BCUT2D eigenvalue weighted by atomic mass is 15.0. The Kier molecular flexibility index (Phi) is 5.13. The third-order valence-electron chi connectivity index (χ3n) is 8.24. The monoisotopic (exact) mass is 549 g/mol. The van der Waals surface area contributed by atoms with Crippen molar-refractivity contribution in [3.63, 3.8) is 0 Å². The van der Waals surface area contributed by atoms with Crippen molar-refractivity contribution in [2.45, 2.75) is 0 Å². The molecule has 0 radical (unpaired) electrons. The third-order valence-corrected chi connectivity index (χ3v) is 8.24. The highest BCUT2D eigenvalue weighted by Crippen LogP contribution is 2.39. The van der Waals surface area contributed by atoms with Crippen LogP contribution in [0.5, 0.6) is 0 Å². The van der Waals surface area contributed by atoms with Crippen LogP contribution in [-0.2, 0) is 0 Å². The fourth-order valence-corrected chi connectivity index (χ4v) is 6.24. The van der Waals surface area contributed by atoms with E-state index in [1.54, 1.807) is 0 Å². The zero-order chi connectivity index (χ0) is 28.3. The van der Waals surface area contributed by atoms with Crippen LogP contribution in [-0.4, -0.2) is 24.3 Å². The van der Waals surface area contributed by atoms with E-state index < -0.39 is 0 Å². The number of fused-ring (bicyclic) bond motifs is 9. The number of aromatic nitrogens is 5. The van der Waals surface area contributed by atoms with Crippen molar-refractivity contribution in [1.29, 1.82) is 0 Å². The molecular weight excluding hydrogens is 526 g/mol. The van der Waals surface area contributed by atoms with Gasteiger partial charge in [0.25, 0.3) is 0 Å². The predicted octanol–water partition coefficient (Wildman–Crippen LogP) is 9.13. The maximum atomic E-state index is 5.16. The van der Waals surface area contributed by atoms with Crippen molar-refractivity contribution in [3.05, 3.63) is 140 Å². The number of pyridine rings is 2. The van der Waals surface area contributed by atoms with Gasteiger partial charge in [0, 0.05) is 45.2 Å². The van der Waals surface area contributed by atoms with Crippen molar-refractivity contribution in [3.8, 4) is 33.9 Å². The Balaban J connectivity index is 1.37. The smallest absolute Gasteiger partial charge is 0.160 e. The first kappa shape index (κ1) is 23.7. The minimum absolute atomic E-state index is 0.701. The first-order valence-electron chi connectivity index (χ1n) is 14.3. The number of hydrogen-bond acceptors (Lipinski definition) is 4. The van der Waals surface area contributed by atoms with E-state index in [0.29, 0.717) is 5.82 Å². The van der Waals surface area contributed by atoms with Gasteiger partial charge in [-0.15, -0.1) is 0 Å². The van der Waals surface area contributed by atoms with Crippen LogP contribution in [0.15, 0.2) is 140 Å². The lowest BCUT2D eigenvalue weighted by atomic mass is 9.95.